The van der Waals surface area contributed by atoms with Gasteiger partial charge in [0.2, 0.25) is 0 Å². The van der Waals surface area contributed by atoms with Gasteiger partial charge in [-0.2, -0.15) is 0 Å². The van der Waals surface area contributed by atoms with Crippen LogP contribution in [0.15, 0.2) is 18.2 Å². The Balaban J connectivity index is 2.89. The van der Waals surface area contributed by atoms with E-state index in [0.29, 0.717) is 6.42 Å². The molecule has 0 fully saturated rings. The molecule has 0 aliphatic carbocycles. The number of Topliss-reactive ketones (excluding diaryl/α,β-unsaturated/α-hetero) is 1. The van der Waals surface area contributed by atoms with Crippen molar-refractivity contribution >= 4 is 28.4 Å². The normalized spacial score (nSPS) is 9.77. The van der Waals surface area contributed by atoms with E-state index >= 15 is 0 Å². The number of hydrogen-bond donors (Lipinski definition) is 0. The number of carbonyl (C=O) groups is 1. The molecule has 0 aliphatic heterocycles. The zero-order valence-electron chi connectivity index (χ0n) is 7.63. The molecule has 1 aromatic carbocycles. The lowest BCUT2D eigenvalue weighted by atomic mass is 10.1. The lowest BCUT2D eigenvalue weighted by Gasteiger charge is -2.04. The average Bonchev–Trinajstić information content (AvgIpc) is 2.03. The minimum absolute atomic E-state index is 0.181. The molecule has 70 valence electrons. The summed E-state index contributed by atoms with van der Waals surface area (Å²) in [4.78, 5) is 10.8. The molecule has 1 aromatic rings. The predicted molar refractivity (Wildman–Crippen MR) is 60.1 cm³/mol. The van der Waals surface area contributed by atoms with Crippen molar-refractivity contribution in [2.75, 3.05) is 7.11 Å². The first-order valence-corrected chi connectivity index (χ1v) is 5.03. The molecule has 0 aromatic heterocycles. The van der Waals surface area contributed by atoms with Gasteiger partial charge in [-0.05, 0) is 47.2 Å². The second kappa shape index (κ2) is 4.60. The Hall–Kier alpha value is -0.580. The number of carbonyl (C=O) groups excluding carboxylic acids is 1. The van der Waals surface area contributed by atoms with Gasteiger partial charge in [-0.1, -0.05) is 6.07 Å². The van der Waals surface area contributed by atoms with Crippen LogP contribution in [0.1, 0.15) is 12.5 Å². The van der Waals surface area contributed by atoms with Gasteiger partial charge in [0.25, 0.3) is 0 Å². The molecule has 2 nitrogen and oxygen atoms in total. The Morgan fingerprint density at radius 1 is 1.54 bits per heavy atom. The highest BCUT2D eigenvalue weighted by Crippen LogP contribution is 2.21. The van der Waals surface area contributed by atoms with E-state index in [1.54, 1.807) is 14.0 Å². The van der Waals surface area contributed by atoms with Crippen LogP contribution >= 0.6 is 22.6 Å². The molecule has 0 radical (unpaired) electrons. The van der Waals surface area contributed by atoms with Crippen LogP contribution in [0.25, 0.3) is 0 Å². The maximum absolute atomic E-state index is 10.8. The van der Waals surface area contributed by atoms with Gasteiger partial charge in [0, 0.05) is 6.42 Å². The zero-order chi connectivity index (χ0) is 9.84. The molecule has 0 atom stereocenters. The summed E-state index contributed by atoms with van der Waals surface area (Å²) in [5, 5.41) is 0. The third-order valence-electron chi connectivity index (χ3n) is 1.67. The van der Waals surface area contributed by atoms with E-state index in [1.807, 2.05) is 18.2 Å². The van der Waals surface area contributed by atoms with Gasteiger partial charge in [0.1, 0.15) is 11.5 Å². The number of hydrogen-bond acceptors (Lipinski definition) is 2. The second-order valence-electron chi connectivity index (χ2n) is 2.85. The van der Waals surface area contributed by atoms with Crippen LogP contribution in [-0.4, -0.2) is 12.9 Å². The topological polar surface area (TPSA) is 26.3 Å². The standard InChI is InChI=1S/C10H11IO2/c1-7(12)5-8-3-4-10(13-2)9(11)6-8/h3-4,6H,5H2,1-2H3. The lowest BCUT2D eigenvalue weighted by Crippen LogP contribution is -1.97. The zero-order valence-corrected chi connectivity index (χ0v) is 9.79. The first-order valence-electron chi connectivity index (χ1n) is 3.95. The highest BCUT2D eigenvalue weighted by atomic mass is 127. The number of methoxy groups -OCH3 is 1. The Labute approximate surface area is 91.4 Å². The van der Waals surface area contributed by atoms with Gasteiger partial charge in [0.05, 0.1) is 10.7 Å². The van der Waals surface area contributed by atoms with E-state index in [-0.39, 0.29) is 5.78 Å². The minimum atomic E-state index is 0.181. The highest BCUT2D eigenvalue weighted by Gasteiger charge is 2.02. The number of rotatable bonds is 3. The summed E-state index contributed by atoms with van der Waals surface area (Å²) in [6.45, 7) is 1.59. The molecule has 1 rings (SSSR count). The molecule has 0 aliphatic rings. The van der Waals surface area contributed by atoms with Gasteiger partial charge in [0.15, 0.2) is 0 Å². The fourth-order valence-corrected chi connectivity index (χ4v) is 1.91. The first kappa shape index (κ1) is 10.5. The predicted octanol–water partition coefficient (Wildman–Crippen LogP) is 2.43. The third-order valence-corrected chi connectivity index (χ3v) is 2.51. The Bertz CT molecular complexity index is 321. The molecular formula is C10H11IO2. The fraction of sp³-hybridized carbons (Fsp3) is 0.300. The van der Waals surface area contributed by atoms with Crippen LogP contribution in [0.2, 0.25) is 0 Å². The van der Waals surface area contributed by atoms with Crippen LogP contribution < -0.4 is 4.74 Å². The van der Waals surface area contributed by atoms with E-state index in [9.17, 15) is 4.79 Å². The van der Waals surface area contributed by atoms with Crippen molar-refractivity contribution in [2.45, 2.75) is 13.3 Å². The van der Waals surface area contributed by atoms with E-state index in [2.05, 4.69) is 22.6 Å². The molecule has 0 spiro atoms. The Morgan fingerprint density at radius 2 is 2.23 bits per heavy atom. The Kier molecular flexibility index (Phi) is 3.71. The second-order valence-corrected chi connectivity index (χ2v) is 4.01. The number of ketones is 1. The van der Waals surface area contributed by atoms with Gasteiger partial charge in [-0.15, -0.1) is 0 Å². The molecule has 0 saturated heterocycles. The minimum Gasteiger partial charge on any atom is -0.496 e. The van der Waals surface area contributed by atoms with Crippen LogP contribution in [-0.2, 0) is 11.2 Å². The largest absolute Gasteiger partial charge is 0.496 e. The molecule has 0 saturated carbocycles. The summed E-state index contributed by atoms with van der Waals surface area (Å²) >= 11 is 2.20. The lowest BCUT2D eigenvalue weighted by molar-refractivity contribution is -0.116. The molecule has 0 unspecified atom stereocenters. The van der Waals surface area contributed by atoms with Gasteiger partial charge in [-0.3, -0.25) is 4.79 Å². The number of benzene rings is 1. The van der Waals surface area contributed by atoms with Gasteiger partial charge in [-0.25, -0.2) is 0 Å². The summed E-state index contributed by atoms with van der Waals surface area (Å²) in [5.74, 6) is 1.04. The average molecular weight is 290 g/mol. The van der Waals surface area contributed by atoms with Crippen molar-refractivity contribution in [3.63, 3.8) is 0 Å². The van der Waals surface area contributed by atoms with E-state index in [1.165, 1.54) is 0 Å². The van der Waals surface area contributed by atoms with E-state index < -0.39 is 0 Å². The van der Waals surface area contributed by atoms with Crippen molar-refractivity contribution in [2.24, 2.45) is 0 Å². The summed E-state index contributed by atoms with van der Waals surface area (Å²) in [5.41, 5.74) is 1.04. The molecule has 0 N–H and O–H groups in total. The maximum atomic E-state index is 10.8. The van der Waals surface area contributed by atoms with Gasteiger partial charge >= 0.3 is 0 Å². The quantitative estimate of drug-likeness (QED) is 0.799. The molecule has 3 heteroatoms. The first-order chi connectivity index (χ1) is 6.13. The van der Waals surface area contributed by atoms with Crippen LogP contribution in [0.5, 0.6) is 5.75 Å². The highest BCUT2D eigenvalue weighted by molar-refractivity contribution is 14.1. The summed E-state index contributed by atoms with van der Waals surface area (Å²) in [6.07, 6.45) is 0.500. The van der Waals surface area contributed by atoms with Gasteiger partial charge < -0.3 is 4.74 Å². The van der Waals surface area contributed by atoms with Crippen LogP contribution in [0, 0.1) is 3.57 Å². The number of ether oxygens (including phenoxy) is 1. The van der Waals surface area contributed by atoms with Crippen molar-refractivity contribution < 1.29 is 9.53 Å². The molecular weight excluding hydrogens is 279 g/mol. The monoisotopic (exact) mass is 290 g/mol. The third kappa shape index (κ3) is 2.99. The smallest absolute Gasteiger partial charge is 0.134 e. The van der Waals surface area contributed by atoms with Crippen molar-refractivity contribution in [3.05, 3.63) is 27.3 Å². The maximum Gasteiger partial charge on any atom is 0.134 e. The van der Waals surface area contributed by atoms with Crippen molar-refractivity contribution in [1.29, 1.82) is 0 Å². The number of halogens is 1. The molecule has 0 heterocycles. The van der Waals surface area contributed by atoms with Crippen LogP contribution in [0.4, 0.5) is 0 Å². The summed E-state index contributed by atoms with van der Waals surface area (Å²) in [7, 11) is 1.64. The molecule has 0 amide bonds. The van der Waals surface area contributed by atoms with E-state index in [4.69, 9.17) is 4.74 Å². The van der Waals surface area contributed by atoms with E-state index in [0.717, 1.165) is 14.9 Å². The molecule has 13 heavy (non-hydrogen) atoms. The van der Waals surface area contributed by atoms with Crippen LogP contribution in [0.3, 0.4) is 0 Å². The Morgan fingerprint density at radius 3 is 2.69 bits per heavy atom. The summed E-state index contributed by atoms with van der Waals surface area (Å²) in [6, 6.07) is 5.78. The summed E-state index contributed by atoms with van der Waals surface area (Å²) < 4.78 is 6.15. The SMILES string of the molecule is COc1ccc(CC(C)=O)cc1I. The molecule has 0 bridgehead atoms. The fourth-order valence-electron chi connectivity index (χ4n) is 1.11. The van der Waals surface area contributed by atoms with Crippen molar-refractivity contribution in [1.82, 2.24) is 0 Å². The van der Waals surface area contributed by atoms with Crippen molar-refractivity contribution in [3.8, 4) is 5.75 Å².